The van der Waals surface area contributed by atoms with E-state index in [9.17, 15) is 0 Å². The molecular weight excluding hydrogens is 422 g/mol. The lowest BCUT2D eigenvalue weighted by atomic mass is 10.1. The number of rotatable bonds is 10. The van der Waals surface area contributed by atoms with Gasteiger partial charge in [-0.15, -0.1) is 0 Å². The highest BCUT2D eigenvalue weighted by Crippen LogP contribution is 2.25. The predicted octanol–water partition coefficient (Wildman–Crippen LogP) is 2.36. The topological polar surface area (TPSA) is 135 Å². The van der Waals surface area contributed by atoms with E-state index in [0.29, 0.717) is 36.4 Å². The van der Waals surface area contributed by atoms with Gasteiger partial charge in [0, 0.05) is 36.8 Å². The second-order valence-corrected chi connectivity index (χ2v) is 7.87. The van der Waals surface area contributed by atoms with Gasteiger partial charge in [0.2, 0.25) is 5.95 Å². The van der Waals surface area contributed by atoms with Crippen LogP contribution < -0.4 is 15.4 Å². The van der Waals surface area contributed by atoms with E-state index in [4.69, 9.17) is 15.0 Å². The maximum Gasteiger partial charge on any atom is 0.233 e. The van der Waals surface area contributed by atoms with E-state index in [-0.39, 0.29) is 0 Å². The van der Waals surface area contributed by atoms with Crippen molar-refractivity contribution in [1.82, 2.24) is 35.2 Å². The van der Waals surface area contributed by atoms with Crippen molar-refractivity contribution in [3.63, 3.8) is 0 Å². The SMILES string of the molecule is COc1cncc(CCc2cc(N(Cc3cc(CN(C)C)no3)c3nccc(N)n3)n[nH]2)c1. The van der Waals surface area contributed by atoms with Crippen molar-refractivity contribution < 1.29 is 9.26 Å². The first-order chi connectivity index (χ1) is 16.0. The summed E-state index contributed by atoms with van der Waals surface area (Å²) in [6.07, 6.45) is 6.68. The van der Waals surface area contributed by atoms with Gasteiger partial charge in [-0.05, 0) is 44.6 Å². The molecule has 3 N–H and O–H groups in total. The highest BCUT2D eigenvalue weighted by Gasteiger charge is 2.19. The number of pyridine rings is 1. The monoisotopic (exact) mass is 449 g/mol. The lowest BCUT2D eigenvalue weighted by molar-refractivity contribution is 0.349. The number of aryl methyl sites for hydroxylation is 2. The van der Waals surface area contributed by atoms with Crippen molar-refractivity contribution in [3.8, 4) is 5.75 Å². The van der Waals surface area contributed by atoms with E-state index in [1.165, 1.54) is 0 Å². The van der Waals surface area contributed by atoms with E-state index in [1.807, 2.05) is 48.3 Å². The number of ether oxygens (including phenoxy) is 1. The van der Waals surface area contributed by atoms with E-state index in [2.05, 4.69) is 30.3 Å². The summed E-state index contributed by atoms with van der Waals surface area (Å²) in [5.41, 5.74) is 8.80. The second-order valence-electron chi connectivity index (χ2n) is 7.87. The molecule has 0 aromatic carbocycles. The van der Waals surface area contributed by atoms with E-state index in [1.54, 1.807) is 25.6 Å². The lowest BCUT2D eigenvalue weighted by Gasteiger charge is -2.18. The third kappa shape index (κ3) is 5.83. The average Bonchev–Trinajstić information content (AvgIpc) is 3.45. The van der Waals surface area contributed by atoms with Gasteiger partial charge in [0.1, 0.15) is 11.6 Å². The summed E-state index contributed by atoms with van der Waals surface area (Å²) in [6, 6.07) is 7.51. The zero-order valence-corrected chi connectivity index (χ0v) is 18.9. The fourth-order valence-corrected chi connectivity index (χ4v) is 3.34. The van der Waals surface area contributed by atoms with Crippen molar-refractivity contribution >= 4 is 17.6 Å². The molecule has 33 heavy (non-hydrogen) atoms. The molecule has 172 valence electrons. The van der Waals surface area contributed by atoms with Gasteiger partial charge in [-0.25, -0.2) is 4.98 Å². The number of aromatic nitrogens is 6. The number of nitrogens with zero attached hydrogens (tertiary/aromatic N) is 7. The molecule has 0 fully saturated rings. The number of hydrogen-bond donors (Lipinski definition) is 2. The standard InChI is InChI=1S/C22H27N9O2/c1-30(2)13-17-9-19(33-29-17)14-31(22-25-7-6-20(23)26-22)21-10-16(27-28-21)5-4-15-8-18(32-3)12-24-11-15/h6-12H,4-5,13-14H2,1-3H3,(H,27,28)(H2,23,25,26). The van der Waals surface area contributed by atoms with Crippen molar-refractivity contribution in [3.05, 3.63) is 65.6 Å². The van der Waals surface area contributed by atoms with Gasteiger partial charge < -0.3 is 19.9 Å². The zero-order chi connectivity index (χ0) is 23.2. The molecule has 0 bridgehead atoms. The Morgan fingerprint density at radius 3 is 2.79 bits per heavy atom. The number of nitrogens with one attached hydrogen (secondary N) is 1. The third-order valence-electron chi connectivity index (χ3n) is 4.89. The number of anilines is 3. The van der Waals surface area contributed by atoms with Gasteiger partial charge >= 0.3 is 0 Å². The maximum absolute atomic E-state index is 5.90. The minimum Gasteiger partial charge on any atom is -0.495 e. The fourth-order valence-electron chi connectivity index (χ4n) is 3.34. The van der Waals surface area contributed by atoms with Gasteiger partial charge in [0.05, 0.1) is 25.5 Å². The van der Waals surface area contributed by atoms with Gasteiger partial charge in [0.15, 0.2) is 11.6 Å². The summed E-state index contributed by atoms with van der Waals surface area (Å²) in [5, 5.41) is 11.7. The van der Waals surface area contributed by atoms with Crippen LogP contribution in [0.5, 0.6) is 5.75 Å². The molecule has 0 radical (unpaired) electrons. The number of aromatic amines is 1. The highest BCUT2D eigenvalue weighted by atomic mass is 16.5. The Morgan fingerprint density at radius 1 is 1.12 bits per heavy atom. The summed E-state index contributed by atoms with van der Waals surface area (Å²) >= 11 is 0. The van der Waals surface area contributed by atoms with Crippen LogP contribution >= 0.6 is 0 Å². The predicted molar refractivity (Wildman–Crippen MR) is 123 cm³/mol. The summed E-state index contributed by atoms with van der Waals surface area (Å²) in [5.74, 6) is 2.87. The van der Waals surface area contributed by atoms with Crippen molar-refractivity contribution in [2.24, 2.45) is 0 Å². The molecular formula is C22H27N9O2. The molecule has 4 rings (SSSR count). The molecule has 4 heterocycles. The van der Waals surface area contributed by atoms with E-state index < -0.39 is 0 Å². The average molecular weight is 450 g/mol. The maximum atomic E-state index is 5.90. The van der Waals surface area contributed by atoms with Gasteiger partial charge in [-0.2, -0.15) is 10.1 Å². The molecule has 0 spiro atoms. The molecule has 0 saturated heterocycles. The molecule has 0 amide bonds. The van der Waals surface area contributed by atoms with Crippen LogP contribution in [0.2, 0.25) is 0 Å². The Kier molecular flexibility index (Phi) is 6.79. The molecule has 11 heteroatoms. The number of hydrogen-bond acceptors (Lipinski definition) is 10. The Hall–Kier alpha value is -3.99. The van der Waals surface area contributed by atoms with Crippen LogP contribution in [0.1, 0.15) is 22.7 Å². The van der Waals surface area contributed by atoms with Crippen molar-refractivity contribution in [2.45, 2.75) is 25.9 Å². The Bertz CT molecular complexity index is 1190. The molecule has 0 unspecified atom stereocenters. The molecule has 0 saturated carbocycles. The van der Waals surface area contributed by atoms with Gasteiger partial charge in [-0.1, -0.05) is 5.16 Å². The summed E-state index contributed by atoms with van der Waals surface area (Å²) in [4.78, 5) is 16.8. The Morgan fingerprint density at radius 2 is 2.00 bits per heavy atom. The minimum absolute atomic E-state index is 0.355. The van der Waals surface area contributed by atoms with Crippen LogP contribution in [0.3, 0.4) is 0 Å². The number of nitrogen functional groups attached to an aromatic ring is 1. The van der Waals surface area contributed by atoms with Crippen LogP contribution in [0.4, 0.5) is 17.6 Å². The van der Waals surface area contributed by atoms with Crippen LogP contribution in [0.25, 0.3) is 0 Å². The summed E-state index contributed by atoms with van der Waals surface area (Å²) in [6.45, 7) is 1.04. The third-order valence-corrected chi connectivity index (χ3v) is 4.89. The van der Waals surface area contributed by atoms with Crippen molar-refractivity contribution in [2.75, 3.05) is 31.8 Å². The van der Waals surface area contributed by atoms with Crippen LogP contribution in [-0.4, -0.2) is 56.4 Å². The lowest BCUT2D eigenvalue weighted by Crippen LogP contribution is -2.19. The molecule has 0 atom stereocenters. The van der Waals surface area contributed by atoms with Crippen LogP contribution in [-0.2, 0) is 25.9 Å². The summed E-state index contributed by atoms with van der Waals surface area (Å²) < 4.78 is 10.8. The number of nitrogens with two attached hydrogens (primary N) is 1. The van der Waals surface area contributed by atoms with E-state index in [0.717, 1.165) is 35.5 Å². The quantitative estimate of drug-likeness (QED) is 0.371. The smallest absolute Gasteiger partial charge is 0.233 e. The van der Waals surface area contributed by atoms with E-state index >= 15 is 0 Å². The Labute approximate surface area is 191 Å². The largest absolute Gasteiger partial charge is 0.495 e. The minimum atomic E-state index is 0.355. The molecule has 4 aromatic rings. The highest BCUT2D eigenvalue weighted by molar-refractivity contribution is 5.54. The van der Waals surface area contributed by atoms with Crippen LogP contribution in [0, 0.1) is 0 Å². The molecule has 4 aromatic heterocycles. The molecule has 0 aliphatic heterocycles. The molecule has 11 nitrogen and oxygen atoms in total. The second kappa shape index (κ2) is 10.1. The zero-order valence-electron chi connectivity index (χ0n) is 18.9. The molecule has 0 aliphatic carbocycles. The first kappa shape index (κ1) is 22.2. The van der Waals surface area contributed by atoms with Gasteiger partial charge in [-0.3, -0.25) is 15.0 Å². The number of methoxy groups -OCH3 is 1. The number of H-pyrrole nitrogens is 1. The Balaban J connectivity index is 1.53. The van der Waals surface area contributed by atoms with Gasteiger partial charge in [0.25, 0.3) is 0 Å². The van der Waals surface area contributed by atoms with Crippen LogP contribution in [0.15, 0.2) is 47.4 Å². The first-order valence-electron chi connectivity index (χ1n) is 10.5. The first-order valence-corrected chi connectivity index (χ1v) is 10.5. The molecule has 0 aliphatic rings. The fraction of sp³-hybridized carbons (Fsp3) is 0.318. The normalized spacial score (nSPS) is 11.2. The summed E-state index contributed by atoms with van der Waals surface area (Å²) in [7, 11) is 5.59. The van der Waals surface area contributed by atoms with Crippen molar-refractivity contribution in [1.29, 1.82) is 0 Å².